The van der Waals surface area contributed by atoms with Crippen molar-refractivity contribution in [1.29, 1.82) is 0 Å². The number of hydrogen-bond donors (Lipinski definition) is 2. The van der Waals surface area contributed by atoms with Gasteiger partial charge in [-0.15, -0.1) is 0 Å². The zero-order chi connectivity index (χ0) is 16.5. The molecular formula is C16H25N3O3. The van der Waals surface area contributed by atoms with E-state index < -0.39 is 6.04 Å². The van der Waals surface area contributed by atoms with Crippen LogP contribution in [0.1, 0.15) is 20.8 Å². The molecule has 0 saturated heterocycles. The predicted octanol–water partition coefficient (Wildman–Crippen LogP) is 1.48. The van der Waals surface area contributed by atoms with Crippen LogP contribution >= 0.6 is 0 Å². The van der Waals surface area contributed by atoms with Crippen molar-refractivity contribution in [3.63, 3.8) is 0 Å². The van der Waals surface area contributed by atoms with Gasteiger partial charge in [-0.25, -0.2) is 0 Å². The number of carbonyl (C=O) groups is 2. The molecule has 0 aliphatic rings. The molecule has 1 aromatic rings. The quantitative estimate of drug-likeness (QED) is 0.763. The van der Waals surface area contributed by atoms with Crippen LogP contribution in [0.5, 0.6) is 5.75 Å². The number of nitrogens with zero attached hydrogens (tertiary/aromatic N) is 1. The Morgan fingerprint density at radius 3 is 2.64 bits per heavy atom. The highest BCUT2D eigenvalue weighted by atomic mass is 16.5. The van der Waals surface area contributed by atoms with Gasteiger partial charge in [-0.05, 0) is 32.5 Å². The van der Waals surface area contributed by atoms with E-state index in [0.29, 0.717) is 24.5 Å². The molecule has 1 rings (SSSR count). The Hall–Kier alpha value is -2.08. The van der Waals surface area contributed by atoms with E-state index in [1.807, 2.05) is 30.9 Å². The largest absolute Gasteiger partial charge is 0.497 e. The van der Waals surface area contributed by atoms with Crippen molar-refractivity contribution in [2.45, 2.75) is 26.8 Å². The van der Waals surface area contributed by atoms with Gasteiger partial charge in [0.2, 0.25) is 11.8 Å². The minimum Gasteiger partial charge on any atom is -0.497 e. The summed E-state index contributed by atoms with van der Waals surface area (Å²) in [5.74, 6) is 0.449. The maximum atomic E-state index is 12.3. The first-order valence-corrected chi connectivity index (χ1v) is 7.47. The van der Waals surface area contributed by atoms with Crippen molar-refractivity contribution in [1.82, 2.24) is 10.2 Å². The summed E-state index contributed by atoms with van der Waals surface area (Å²) in [6, 6.07) is 6.77. The first-order chi connectivity index (χ1) is 10.5. The van der Waals surface area contributed by atoms with Gasteiger partial charge in [0.15, 0.2) is 0 Å². The van der Waals surface area contributed by atoms with Gasteiger partial charge in [-0.3, -0.25) is 14.5 Å². The number of nitrogens with one attached hydrogen (secondary N) is 2. The second kappa shape index (κ2) is 9.04. The number of methoxy groups -OCH3 is 1. The molecule has 0 aliphatic carbocycles. The molecule has 0 radical (unpaired) electrons. The monoisotopic (exact) mass is 307 g/mol. The number of carbonyl (C=O) groups excluding carboxylic acids is 2. The molecule has 6 nitrogen and oxygen atoms in total. The molecule has 0 bridgehead atoms. The molecule has 6 heteroatoms. The molecule has 0 aliphatic heterocycles. The van der Waals surface area contributed by atoms with Gasteiger partial charge in [-0.1, -0.05) is 13.0 Å². The van der Waals surface area contributed by atoms with Crippen molar-refractivity contribution in [3.8, 4) is 5.75 Å². The van der Waals surface area contributed by atoms with Crippen molar-refractivity contribution in [2.75, 3.05) is 32.1 Å². The van der Waals surface area contributed by atoms with E-state index in [-0.39, 0.29) is 18.4 Å². The maximum Gasteiger partial charge on any atom is 0.241 e. The highest BCUT2D eigenvalue weighted by Gasteiger charge is 2.22. The molecule has 0 unspecified atom stereocenters. The Kier molecular flexibility index (Phi) is 7.39. The molecule has 1 atom stereocenters. The first kappa shape index (κ1) is 18.0. The van der Waals surface area contributed by atoms with E-state index in [9.17, 15) is 9.59 Å². The van der Waals surface area contributed by atoms with Gasteiger partial charge in [0, 0.05) is 18.3 Å². The lowest BCUT2D eigenvalue weighted by Gasteiger charge is -2.26. The van der Waals surface area contributed by atoms with E-state index in [2.05, 4.69) is 10.6 Å². The number of amides is 2. The molecule has 2 amide bonds. The number of anilines is 1. The molecule has 0 fully saturated rings. The average Bonchev–Trinajstić information content (AvgIpc) is 2.52. The number of benzene rings is 1. The van der Waals surface area contributed by atoms with E-state index in [1.165, 1.54) is 0 Å². The van der Waals surface area contributed by atoms with Gasteiger partial charge < -0.3 is 15.4 Å². The third-order valence-corrected chi connectivity index (χ3v) is 3.39. The molecule has 0 saturated carbocycles. The number of ether oxygens (including phenoxy) is 1. The van der Waals surface area contributed by atoms with Crippen LogP contribution in [0.3, 0.4) is 0 Å². The van der Waals surface area contributed by atoms with Crippen LogP contribution in [0.25, 0.3) is 0 Å². The molecule has 22 heavy (non-hydrogen) atoms. The highest BCUT2D eigenvalue weighted by molar-refractivity contribution is 5.95. The van der Waals surface area contributed by atoms with Crippen LogP contribution in [0.2, 0.25) is 0 Å². The summed E-state index contributed by atoms with van der Waals surface area (Å²) >= 11 is 0. The average molecular weight is 307 g/mol. The summed E-state index contributed by atoms with van der Waals surface area (Å²) in [7, 11) is 1.58. The topological polar surface area (TPSA) is 70.7 Å². The van der Waals surface area contributed by atoms with Gasteiger partial charge in [0.05, 0.1) is 19.7 Å². The fraction of sp³-hybridized carbons (Fsp3) is 0.500. The van der Waals surface area contributed by atoms with Crippen molar-refractivity contribution >= 4 is 17.5 Å². The van der Waals surface area contributed by atoms with E-state index in [0.717, 1.165) is 0 Å². The van der Waals surface area contributed by atoms with Crippen molar-refractivity contribution < 1.29 is 14.3 Å². The zero-order valence-electron chi connectivity index (χ0n) is 13.7. The lowest BCUT2D eigenvalue weighted by Crippen LogP contribution is -2.46. The minimum absolute atomic E-state index is 0.0784. The number of rotatable bonds is 8. The van der Waals surface area contributed by atoms with Crippen LogP contribution in [0, 0.1) is 0 Å². The van der Waals surface area contributed by atoms with Crippen molar-refractivity contribution in [2.24, 2.45) is 0 Å². The normalized spacial score (nSPS) is 11.9. The van der Waals surface area contributed by atoms with Gasteiger partial charge >= 0.3 is 0 Å². The van der Waals surface area contributed by atoms with E-state index in [4.69, 9.17) is 4.74 Å². The highest BCUT2D eigenvalue weighted by Crippen LogP contribution is 2.17. The Morgan fingerprint density at radius 2 is 2.05 bits per heavy atom. The zero-order valence-corrected chi connectivity index (χ0v) is 13.7. The van der Waals surface area contributed by atoms with Gasteiger partial charge in [0.1, 0.15) is 5.75 Å². The van der Waals surface area contributed by atoms with Gasteiger partial charge in [0.25, 0.3) is 0 Å². The summed E-state index contributed by atoms with van der Waals surface area (Å²) in [6.07, 6.45) is 0. The molecule has 0 spiro atoms. The van der Waals surface area contributed by atoms with Crippen LogP contribution in [-0.2, 0) is 9.59 Å². The predicted molar refractivity (Wildman–Crippen MR) is 87.0 cm³/mol. The minimum atomic E-state index is -0.404. The van der Waals surface area contributed by atoms with Crippen LogP contribution in [0.4, 0.5) is 5.69 Å². The second-order valence-corrected chi connectivity index (χ2v) is 4.91. The summed E-state index contributed by atoms with van der Waals surface area (Å²) in [4.78, 5) is 25.8. The first-order valence-electron chi connectivity index (χ1n) is 7.47. The molecule has 0 heterocycles. The lowest BCUT2D eigenvalue weighted by atomic mass is 10.2. The number of likely N-dealkylation sites (N-methyl/N-ethyl adjacent to an activating group) is 2. The number of hydrogen-bond acceptors (Lipinski definition) is 4. The molecule has 0 aromatic heterocycles. The third kappa shape index (κ3) is 5.37. The SMILES string of the molecule is CCNC(=O)CN(CC)[C@H](C)C(=O)Nc1cccc(OC)c1. The molecule has 122 valence electrons. The molecule has 2 N–H and O–H groups in total. The summed E-state index contributed by atoms with van der Waals surface area (Å²) in [5.41, 5.74) is 0.672. The van der Waals surface area contributed by atoms with Crippen LogP contribution < -0.4 is 15.4 Å². The van der Waals surface area contributed by atoms with Crippen LogP contribution in [0.15, 0.2) is 24.3 Å². The summed E-state index contributed by atoms with van der Waals surface area (Å²) in [6.45, 7) is 6.99. The summed E-state index contributed by atoms with van der Waals surface area (Å²) < 4.78 is 5.13. The Labute approximate surface area is 131 Å². The maximum absolute atomic E-state index is 12.3. The smallest absolute Gasteiger partial charge is 0.241 e. The van der Waals surface area contributed by atoms with Crippen molar-refractivity contribution in [3.05, 3.63) is 24.3 Å². The third-order valence-electron chi connectivity index (χ3n) is 3.39. The second-order valence-electron chi connectivity index (χ2n) is 4.91. The lowest BCUT2D eigenvalue weighted by molar-refractivity contribution is -0.125. The Morgan fingerprint density at radius 1 is 1.32 bits per heavy atom. The van der Waals surface area contributed by atoms with E-state index in [1.54, 1.807) is 26.2 Å². The Bertz CT molecular complexity index is 505. The standard InChI is InChI=1S/C16H25N3O3/c1-5-17-15(20)11-19(6-2)12(3)16(21)18-13-8-7-9-14(10-13)22-4/h7-10,12H,5-6,11H2,1-4H3,(H,17,20)(H,18,21)/t12-/m1/s1. The fourth-order valence-electron chi connectivity index (χ4n) is 2.07. The van der Waals surface area contributed by atoms with Crippen LogP contribution in [-0.4, -0.2) is 49.5 Å². The molecular weight excluding hydrogens is 282 g/mol. The Balaban J connectivity index is 2.67. The van der Waals surface area contributed by atoms with Gasteiger partial charge in [-0.2, -0.15) is 0 Å². The van der Waals surface area contributed by atoms with E-state index >= 15 is 0 Å². The fourth-order valence-corrected chi connectivity index (χ4v) is 2.07. The molecule has 1 aromatic carbocycles. The summed E-state index contributed by atoms with van der Waals surface area (Å²) in [5, 5.41) is 5.58.